The molecule has 6 nitrogen and oxygen atoms in total. The summed E-state index contributed by atoms with van der Waals surface area (Å²) in [5.41, 5.74) is 0.588. The van der Waals surface area contributed by atoms with E-state index in [-0.39, 0.29) is 4.21 Å². The summed E-state index contributed by atoms with van der Waals surface area (Å²) in [4.78, 5) is 0.477. The molecule has 9 heteroatoms. The molecule has 1 aromatic rings. The van der Waals surface area contributed by atoms with Gasteiger partial charge in [-0.3, -0.25) is 0 Å². The molecular weight excluding hydrogens is 274 g/mol. The normalized spacial score (nSPS) is 13.4. The van der Waals surface area contributed by atoms with E-state index in [0.717, 1.165) is 11.3 Å². The smallest absolute Gasteiger partial charge is 0.327 e. The Labute approximate surface area is 98.3 Å². The highest BCUT2D eigenvalue weighted by molar-refractivity contribution is 7.95. The molecule has 0 saturated carbocycles. The Morgan fingerprint density at radius 3 is 2.44 bits per heavy atom. The number of nitrogens with zero attached hydrogens (tertiary/aromatic N) is 1. The van der Waals surface area contributed by atoms with E-state index < -0.39 is 26.6 Å². The molecule has 0 aliphatic rings. The van der Waals surface area contributed by atoms with Crippen molar-refractivity contribution >= 4 is 31.9 Å². The summed E-state index contributed by atoms with van der Waals surface area (Å²) in [5, 5.41) is 9.33. The number of aliphatic hydroxyl groups is 1. The van der Waals surface area contributed by atoms with Gasteiger partial charge in [-0.2, -0.15) is 16.8 Å². The van der Waals surface area contributed by atoms with E-state index in [9.17, 15) is 21.9 Å². The predicted octanol–water partition coefficient (Wildman–Crippen LogP) is 0.861. The van der Waals surface area contributed by atoms with Crippen molar-refractivity contribution in [3.05, 3.63) is 16.5 Å². The quantitative estimate of drug-likeness (QED) is 0.886. The van der Waals surface area contributed by atoms with E-state index in [0.29, 0.717) is 10.4 Å². The molecule has 1 atom stereocenters. The average Bonchev–Trinajstić information content (AvgIpc) is 2.45. The van der Waals surface area contributed by atoms with Crippen LogP contribution in [0.3, 0.4) is 0 Å². The standard InChI is InChI=1S/C7H9NO5S3/c1-4-3-6(14-7(4)5(2)9)16(12,13)8-15(10)11/h3,5,9H,1-2H3. The van der Waals surface area contributed by atoms with E-state index in [2.05, 4.69) is 3.77 Å². The minimum atomic E-state index is -4.17. The molecule has 0 bridgehead atoms. The summed E-state index contributed by atoms with van der Waals surface area (Å²) >= 11 is 0.811. The van der Waals surface area contributed by atoms with Crippen LogP contribution >= 0.6 is 11.3 Å². The fourth-order valence-corrected chi connectivity index (χ4v) is 4.19. The number of sulfonamides is 1. The van der Waals surface area contributed by atoms with E-state index in [4.69, 9.17) is 0 Å². The lowest BCUT2D eigenvalue weighted by Crippen LogP contribution is -1.92. The molecule has 1 N–H and O–H groups in total. The zero-order valence-electron chi connectivity index (χ0n) is 8.41. The zero-order valence-corrected chi connectivity index (χ0v) is 10.9. The van der Waals surface area contributed by atoms with Crippen LogP contribution in [0.25, 0.3) is 0 Å². The van der Waals surface area contributed by atoms with Gasteiger partial charge < -0.3 is 5.11 Å². The molecule has 0 spiro atoms. The van der Waals surface area contributed by atoms with Gasteiger partial charge in [0.05, 0.1) is 6.10 Å². The molecule has 0 saturated heterocycles. The number of hydrogen-bond donors (Lipinski definition) is 1. The number of thiophene rings is 1. The van der Waals surface area contributed by atoms with Gasteiger partial charge in [0, 0.05) is 4.88 Å². The van der Waals surface area contributed by atoms with E-state index in [1.54, 1.807) is 6.92 Å². The molecule has 90 valence electrons. The Kier molecular flexibility index (Phi) is 3.84. The van der Waals surface area contributed by atoms with Crippen LogP contribution in [0.5, 0.6) is 0 Å². The van der Waals surface area contributed by atoms with E-state index in [1.165, 1.54) is 13.0 Å². The second-order valence-corrected chi connectivity index (χ2v) is 6.82. The maximum Gasteiger partial charge on any atom is 0.327 e. The zero-order chi connectivity index (χ0) is 12.5. The van der Waals surface area contributed by atoms with Crippen molar-refractivity contribution in [2.45, 2.75) is 24.2 Å². The number of rotatable bonds is 3. The van der Waals surface area contributed by atoms with Crippen molar-refractivity contribution in [2.75, 3.05) is 0 Å². The minimum absolute atomic E-state index is 0.190. The third kappa shape index (κ3) is 2.88. The lowest BCUT2D eigenvalue weighted by molar-refractivity contribution is 0.202. The fourth-order valence-electron chi connectivity index (χ4n) is 1.12. The summed E-state index contributed by atoms with van der Waals surface area (Å²) in [6, 6.07) is 1.29. The van der Waals surface area contributed by atoms with Gasteiger partial charge in [-0.05, 0) is 29.2 Å². The van der Waals surface area contributed by atoms with Gasteiger partial charge in [0.2, 0.25) is 0 Å². The van der Waals surface area contributed by atoms with Gasteiger partial charge in [0.25, 0.3) is 0 Å². The molecule has 0 aromatic carbocycles. The highest BCUT2D eigenvalue weighted by Crippen LogP contribution is 2.31. The number of aryl methyl sites for hydroxylation is 1. The molecule has 1 heterocycles. The molecule has 1 aromatic heterocycles. The first-order valence-corrected chi connectivity index (χ1v) is 7.38. The molecule has 0 amide bonds. The Balaban J connectivity index is 3.37. The number of aliphatic hydroxyl groups excluding tert-OH is 1. The molecule has 0 aliphatic heterocycles. The third-order valence-electron chi connectivity index (χ3n) is 1.73. The van der Waals surface area contributed by atoms with Gasteiger partial charge in [0.1, 0.15) is 4.21 Å². The lowest BCUT2D eigenvalue weighted by Gasteiger charge is -1.99. The first-order chi connectivity index (χ1) is 7.24. The largest absolute Gasteiger partial charge is 0.388 e. The first-order valence-electron chi connectivity index (χ1n) is 4.10. The molecule has 0 fully saturated rings. The predicted molar refractivity (Wildman–Crippen MR) is 58.2 cm³/mol. The van der Waals surface area contributed by atoms with Crippen LogP contribution in [0.15, 0.2) is 14.0 Å². The van der Waals surface area contributed by atoms with Crippen molar-refractivity contribution in [1.29, 1.82) is 0 Å². The third-order valence-corrected chi connectivity index (χ3v) is 5.71. The summed E-state index contributed by atoms with van der Waals surface area (Å²) in [5.74, 6) is 0. The van der Waals surface area contributed by atoms with Crippen molar-refractivity contribution in [3.63, 3.8) is 0 Å². The Morgan fingerprint density at radius 2 is 2.06 bits per heavy atom. The van der Waals surface area contributed by atoms with Crippen LogP contribution in [0.1, 0.15) is 23.5 Å². The van der Waals surface area contributed by atoms with Crippen LogP contribution in [0, 0.1) is 6.92 Å². The fraction of sp³-hybridized carbons (Fsp3) is 0.429. The second-order valence-electron chi connectivity index (χ2n) is 3.06. The summed E-state index contributed by atoms with van der Waals surface area (Å²) in [6.07, 6.45) is -0.799. The summed E-state index contributed by atoms with van der Waals surface area (Å²) < 4.78 is 45.7. The second kappa shape index (κ2) is 4.62. The SMILES string of the molecule is Cc1cc(S(=O)(=O)N=S(=O)=O)sc1C(C)O. The van der Waals surface area contributed by atoms with Crippen LogP contribution in [0.2, 0.25) is 0 Å². The maximum atomic E-state index is 11.4. The van der Waals surface area contributed by atoms with Crippen LogP contribution < -0.4 is 0 Å². The highest BCUT2D eigenvalue weighted by atomic mass is 32.3. The van der Waals surface area contributed by atoms with Gasteiger partial charge in [0.15, 0.2) is 0 Å². The molecule has 1 rings (SSSR count). The molecule has 16 heavy (non-hydrogen) atoms. The maximum absolute atomic E-state index is 11.4. The topological polar surface area (TPSA) is 101 Å². The van der Waals surface area contributed by atoms with Gasteiger partial charge in [-0.15, -0.1) is 11.3 Å². The summed E-state index contributed by atoms with van der Waals surface area (Å²) in [7, 11) is -7.19. The summed E-state index contributed by atoms with van der Waals surface area (Å²) in [6.45, 7) is 3.13. The molecule has 1 unspecified atom stereocenters. The highest BCUT2D eigenvalue weighted by Gasteiger charge is 2.20. The monoisotopic (exact) mass is 283 g/mol. The Bertz CT molecular complexity index is 615. The van der Waals surface area contributed by atoms with Crippen LogP contribution in [-0.2, 0) is 20.5 Å². The Morgan fingerprint density at radius 1 is 1.50 bits per heavy atom. The van der Waals surface area contributed by atoms with Crippen molar-refractivity contribution in [2.24, 2.45) is 3.77 Å². The van der Waals surface area contributed by atoms with Crippen molar-refractivity contribution in [1.82, 2.24) is 0 Å². The Hall–Kier alpha value is -0.770. The average molecular weight is 283 g/mol. The van der Waals surface area contributed by atoms with Gasteiger partial charge >= 0.3 is 20.5 Å². The lowest BCUT2D eigenvalue weighted by atomic mass is 10.2. The van der Waals surface area contributed by atoms with Crippen molar-refractivity contribution < 1.29 is 21.9 Å². The van der Waals surface area contributed by atoms with Gasteiger partial charge in [-0.25, -0.2) is 0 Å². The van der Waals surface area contributed by atoms with Crippen LogP contribution in [-0.4, -0.2) is 21.9 Å². The van der Waals surface area contributed by atoms with E-state index >= 15 is 0 Å². The molecular formula is C7H9NO5S3. The van der Waals surface area contributed by atoms with Crippen LogP contribution in [0.4, 0.5) is 0 Å². The van der Waals surface area contributed by atoms with Gasteiger partial charge in [-0.1, -0.05) is 0 Å². The minimum Gasteiger partial charge on any atom is -0.388 e. The van der Waals surface area contributed by atoms with Crippen molar-refractivity contribution in [3.8, 4) is 0 Å². The number of hydrogen-bond acceptors (Lipinski definition) is 6. The molecule has 0 aliphatic carbocycles. The first kappa shape index (κ1) is 13.3. The van der Waals surface area contributed by atoms with E-state index in [1.807, 2.05) is 0 Å². The molecule has 0 radical (unpaired) electrons.